The molecule has 0 spiro atoms. The Balaban J connectivity index is 2.22. The van der Waals surface area contributed by atoms with Crippen molar-refractivity contribution in [1.82, 2.24) is 4.98 Å². The topological polar surface area (TPSA) is 81.1 Å². The Bertz CT molecular complexity index is 566. The van der Waals surface area contributed by atoms with Crippen LogP contribution >= 0.6 is 15.9 Å². The SMILES string of the molecule is Cc1cc(N)cnc1NC(=O)c1ccoc1Br. The van der Waals surface area contributed by atoms with E-state index in [2.05, 4.69) is 26.2 Å². The highest BCUT2D eigenvalue weighted by molar-refractivity contribution is 9.10. The first-order chi connectivity index (χ1) is 8.08. The van der Waals surface area contributed by atoms with E-state index in [9.17, 15) is 4.79 Å². The Labute approximate surface area is 106 Å². The summed E-state index contributed by atoms with van der Waals surface area (Å²) in [5.74, 6) is 0.197. The molecule has 2 aromatic rings. The Morgan fingerprint density at radius 3 is 2.94 bits per heavy atom. The maximum atomic E-state index is 11.9. The number of nitrogens with one attached hydrogen (secondary N) is 1. The van der Waals surface area contributed by atoms with Crippen molar-refractivity contribution in [1.29, 1.82) is 0 Å². The first-order valence-corrected chi connectivity index (χ1v) is 5.63. The minimum atomic E-state index is -0.286. The molecule has 0 unspecified atom stereocenters. The van der Waals surface area contributed by atoms with Gasteiger partial charge >= 0.3 is 0 Å². The van der Waals surface area contributed by atoms with Crippen LogP contribution in [0.1, 0.15) is 15.9 Å². The molecule has 6 heteroatoms. The minimum Gasteiger partial charge on any atom is -0.457 e. The summed E-state index contributed by atoms with van der Waals surface area (Å²) in [6.07, 6.45) is 2.93. The van der Waals surface area contributed by atoms with E-state index >= 15 is 0 Å². The highest BCUT2D eigenvalue weighted by Gasteiger charge is 2.14. The van der Waals surface area contributed by atoms with Crippen molar-refractivity contribution in [3.05, 3.63) is 40.4 Å². The minimum absolute atomic E-state index is 0.286. The number of amides is 1. The molecule has 2 heterocycles. The molecule has 0 aliphatic rings. The third-order valence-electron chi connectivity index (χ3n) is 2.19. The molecule has 2 aromatic heterocycles. The second kappa shape index (κ2) is 4.58. The number of nitrogen functional groups attached to an aromatic ring is 1. The standard InChI is InChI=1S/C11H10BrN3O2/c1-6-4-7(13)5-14-10(6)15-11(16)8-2-3-17-9(8)12/h2-5H,13H2,1H3,(H,14,15,16). The summed E-state index contributed by atoms with van der Waals surface area (Å²) in [6, 6.07) is 3.32. The molecule has 88 valence electrons. The molecule has 0 radical (unpaired) electrons. The van der Waals surface area contributed by atoms with Crippen LogP contribution in [0, 0.1) is 6.92 Å². The maximum Gasteiger partial charge on any atom is 0.261 e. The summed E-state index contributed by atoms with van der Waals surface area (Å²) < 4.78 is 5.38. The van der Waals surface area contributed by atoms with Crippen molar-refractivity contribution in [3.8, 4) is 0 Å². The van der Waals surface area contributed by atoms with E-state index in [4.69, 9.17) is 10.2 Å². The zero-order valence-corrected chi connectivity index (χ0v) is 10.6. The van der Waals surface area contributed by atoms with Gasteiger partial charge in [0.15, 0.2) is 4.67 Å². The molecule has 2 rings (SSSR count). The number of carbonyl (C=O) groups excluding carboxylic acids is 1. The van der Waals surface area contributed by atoms with E-state index in [1.165, 1.54) is 12.5 Å². The number of rotatable bonds is 2. The molecule has 0 fully saturated rings. The molecular formula is C11H10BrN3O2. The lowest BCUT2D eigenvalue weighted by atomic mass is 10.2. The second-order valence-electron chi connectivity index (χ2n) is 3.50. The van der Waals surface area contributed by atoms with Crippen LogP contribution in [0.15, 0.2) is 33.7 Å². The fourth-order valence-corrected chi connectivity index (χ4v) is 1.78. The van der Waals surface area contributed by atoms with Crippen molar-refractivity contribution in [2.45, 2.75) is 6.92 Å². The van der Waals surface area contributed by atoms with E-state index in [0.717, 1.165) is 5.56 Å². The summed E-state index contributed by atoms with van der Waals surface area (Å²) in [7, 11) is 0. The lowest BCUT2D eigenvalue weighted by Gasteiger charge is -2.06. The van der Waals surface area contributed by atoms with Crippen molar-refractivity contribution < 1.29 is 9.21 Å². The molecule has 1 amide bonds. The molecule has 3 N–H and O–H groups in total. The maximum absolute atomic E-state index is 11.9. The molecule has 0 saturated heterocycles. The van der Waals surface area contributed by atoms with Gasteiger partial charge in [-0.05, 0) is 40.5 Å². The highest BCUT2D eigenvalue weighted by Crippen LogP contribution is 2.20. The third kappa shape index (κ3) is 2.47. The number of hydrogen-bond donors (Lipinski definition) is 2. The number of pyridine rings is 1. The van der Waals surface area contributed by atoms with Crippen LogP contribution in [0.25, 0.3) is 0 Å². The van der Waals surface area contributed by atoms with Crippen LogP contribution in [-0.4, -0.2) is 10.9 Å². The van der Waals surface area contributed by atoms with Gasteiger partial charge in [-0.1, -0.05) is 0 Å². The largest absolute Gasteiger partial charge is 0.457 e. The highest BCUT2D eigenvalue weighted by atomic mass is 79.9. The lowest BCUT2D eigenvalue weighted by molar-refractivity contribution is 0.102. The summed E-state index contributed by atoms with van der Waals surface area (Å²) in [5.41, 5.74) is 7.36. The van der Waals surface area contributed by atoms with Gasteiger partial charge in [0, 0.05) is 0 Å². The average molecular weight is 296 g/mol. The zero-order valence-electron chi connectivity index (χ0n) is 9.03. The number of furan rings is 1. The quantitative estimate of drug-likeness (QED) is 0.892. The van der Waals surface area contributed by atoms with Gasteiger partial charge < -0.3 is 15.5 Å². The second-order valence-corrected chi connectivity index (χ2v) is 4.22. The van der Waals surface area contributed by atoms with Gasteiger partial charge in [-0.2, -0.15) is 0 Å². The predicted octanol–water partition coefficient (Wildman–Crippen LogP) is 2.58. The van der Waals surface area contributed by atoms with Gasteiger partial charge in [0.1, 0.15) is 5.82 Å². The van der Waals surface area contributed by atoms with Gasteiger partial charge in [0.05, 0.1) is 23.7 Å². The van der Waals surface area contributed by atoms with Gasteiger partial charge in [-0.25, -0.2) is 4.98 Å². The average Bonchev–Trinajstić information content (AvgIpc) is 2.68. The van der Waals surface area contributed by atoms with Gasteiger partial charge in [0.2, 0.25) is 0 Å². The van der Waals surface area contributed by atoms with Crippen LogP contribution in [0.2, 0.25) is 0 Å². The van der Waals surface area contributed by atoms with Crippen LogP contribution in [0.3, 0.4) is 0 Å². The van der Waals surface area contributed by atoms with Crippen LogP contribution < -0.4 is 11.1 Å². The molecule has 0 bridgehead atoms. The number of halogens is 1. The molecule has 0 atom stereocenters. The first-order valence-electron chi connectivity index (χ1n) is 4.84. The van der Waals surface area contributed by atoms with Gasteiger partial charge in [0.25, 0.3) is 5.91 Å². The predicted molar refractivity (Wildman–Crippen MR) is 67.7 cm³/mol. The van der Waals surface area contributed by atoms with Gasteiger partial charge in [-0.3, -0.25) is 4.79 Å². The number of nitrogens with zero attached hydrogens (tertiary/aromatic N) is 1. The number of aromatic nitrogens is 1. The third-order valence-corrected chi connectivity index (χ3v) is 2.81. The van der Waals surface area contributed by atoms with Crippen LogP contribution in [0.5, 0.6) is 0 Å². The molecule has 0 aromatic carbocycles. The molecular weight excluding hydrogens is 286 g/mol. The van der Waals surface area contributed by atoms with Gasteiger partial charge in [-0.15, -0.1) is 0 Å². The molecule has 5 nitrogen and oxygen atoms in total. The summed E-state index contributed by atoms with van der Waals surface area (Å²) in [4.78, 5) is 15.9. The Kier molecular flexibility index (Phi) is 3.14. The van der Waals surface area contributed by atoms with E-state index in [1.807, 2.05) is 6.92 Å². The Morgan fingerprint density at radius 1 is 1.59 bits per heavy atom. The van der Waals surface area contributed by atoms with Crippen molar-refractivity contribution in [2.75, 3.05) is 11.1 Å². The number of nitrogens with two attached hydrogens (primary N) is 1. The smallest absolute Gasteiger partial charge is 0.261 e. The first kappa shape index (κ1) is 11.7. The summed E-state index contributed by atoms with van der Waals surface area (Å²) >= 11 is 3.14. The lowest BCUT2D eigenvalue weighted by Crippen LogP contribution is -2.13. The zero-order chi connectivity index (χ0) is 12.4. The fourth-order valence-electron chi connectivity index (χ4n) is 1.36. The van der Waals surface area contributed by atoms with E-state index in [1.54, 1.807) is 12.1 Å². The summed E-state index contributed by atoms with van der Waals surface area (Å²) in [5, 5.41) is 2.69. The van der Waals surface area contributed by atoms with E-state index in [0.29, 0.717) is 21.7 Å². The Morgan fingerprint density at radius 2 is 2.35 bits per heavy atom. The Hall–Kier alpha value is -1.82. The molecule has 0 aliphatic heterocycles. The normalized spacial score (nSPS) is 10.2. The monoisotopic (exact) mass is 295 g/mol. The number of hydrogen-bond acceptors (Lipinski definition) is 4. The molecule has 17 heavy (non-hydrogen) atoms. The van der Waals surface area contributed by atoms with Crippen molar-refractivity contribution >= 4 is 33.3 Å². The van der Waals surface area contributed by atoms with Crippen LogP contribution in [-0.2, 0) is 0 Å². The number of aryl methyl sites for hydroxylation is 1. The van der Waals surface area contributed by atoms with E-state index < -0.39 is 0 Å². The van der Waals surface area contributed by atoms with Crippen molar-refractivity contribution in [3.63, 3.8) is 0 Å². The fraction of sp³-hybridized carbons (Fsp3) is 0.0909. The summed E-state index contributed by atoms with van der Waals surface area (Å²) in [6.45, 7) is 1.82. The number of carbonyl (C=O) groups is 1. The van der Waals surface area contributed by atoms with Crippen LogP contribution in [0.4, 0.5) is 11.5 Å². The molecule has 0 saturated carbocycles. The molecule has 0 aliphatic carbocycles. The number of anilines is 2. The van der Waals surface area contributed by atoms with Crippen molar-refractivity contribution in [2.24, 2.45) is 0 Å². The van der Waals surface area contributed by atoms with E-state index in [-0.39, 0.29) is 5.91 Å².